The minimum Gasteiger partial charge on any atom is -0.459 e. The van der Waals surface area contributed by atoms with Gasteiger partial charge in [0.2, 0.25) is 17.7 Å². The number of aryl methyl sites for hydroxylation is 1. The van der Waals surface area contributed by atoms with E-state index in [0.29, 0.717) is 38.3 Å². The van der Waals surface area contributed by atoms with Gasteiger partial charge >= 0.3 is 12.6 Å². The summed E-state index contributed by atoms with van der Waals surface area (Å²) in [4.78, 5) is 54.8. The average molecular weight is 647 g/mol. The number of amides is 3. The van der Waals surface area contributed by atoms with Crippen LogP contribution in [0.4, 0.5) is 8.78 Å². The van der Waals surface area contributed by atoms with Crippen LogP contribution in [0.5, 0.6) is 0 Å². The lowest BCUT2D eigenvalue weighted by Gasteiger charge is -2.28. The second-order valence-electron chi connectivity index (χ2n) is 11.5. The summed E-state index contributed by atoms with van der Waals surface area (Å²) in [6.45, 7) is 1.83. The summed E-state index contributed by atoms with van der Waals surface area (Å²) in [5.41, 5.74) is 1.63. The molecule has 1 aliphatic heterocycles. The van der Waals surface area contributed by atoms with Crippen molar-refractivity contribution in [2.45, 2.75) is 64.5 Å². The fraction of sp³-hybridized carbons (Fsp3) is 0.515. The van der Waals surface area contributed by atoms with Crippen molar-refractivity contribution in [3.63, 3.8) is 0 Å². The van der Waals surface area contributed by atoms with Gasteiger partial charge in [-0.3, -0.25) is 19.3 Å². The monoisotopic (exact) mass is 646 g/mol. The van der Waals surface area contributed by atoms with Gasteiger partial charge in [-0.15, -0.1) is 0 Å². The second-order valence-corrected chi connectivity index (χ2v) is 11.5. The van der Waals surface area contributed by atoms with Crippen LogP contribution in [-0.4, -0.2) is 92.8 Å². The predicted octanol–water partition coefficient (Wildman–Crippen LogP) is 2.43. The van der Waals surface area contributed by atoms with Crippen LogP contribution >= 0.6 is 0 Å². The second kappa shape index (κ2) is 19.5. The third kappa shape index (κ3) is 13.6. The summed E-state index contributed by atoms with van der Waals surface area (Å²) in [5.74, 6) is -2.74. The van der Waals surface area contributed by atoms with Crippen LogP contribution < -0.4 is 16.0 Å². The van der Waals surface area contributed by atoms with E-state index in [0.717, 1.165) is 5.56 Å². The maximum atomic E-state index is 13.6. The molecule has 1 saturated heterocycles. The van der Waals surface area contributed by atoms with Crippen molar-refractivity contribution in [1.29, 1.82) is 0 Å². The Bertz CT molecular complexity index is 1230. The van der Waals surface area contributed by atoms with Crippen molar-refractivity contribution < 1.29 is 42.2 Å². The van der Waals surface area contributed by atoms with E-state index in [-0.39, 0.29) is 37.8 Å². The lowest BCUT2D eigenvalue weighted by molar-refractivity contribution is -0.161. The van der Waals surface area contributed by atoms with Gasteiger partial charge in [-0.2, -0.15) is 8.78 Å². The molecule has 0 bridgehead atoms. The van der Waals surface area contributed by atoms with Crippen molar-refractivity contribution in [2.75, 3.05) is 39.5 Å². The molecule has 11 nitrogen and oxygen atoms in total. The zero-order valence-corrected chi connectivity index (χ0v) is 26.3. The first kappa shape index (κ1) is 36.5. The molecule has 2 aromatic carbocycles. The van der Waals surface area contributed by atoms with Gasteiger partial charge in [0.25, 0.3) is 0 Å². The van der Waals surface area contributed by atoms with Crippen molar-refractivity contribution in [1.82, 2.24) is 20.9 Å². The number of benzene rings is 2. The molecule has 0 radical (unpaired) electrons. The summed E-state index contributed by atoms with van der Waals surface area (Å²) in [5, 5.41) is 7.95. The van der Waals surface area contributed by atoms with E-state index in [2.05, 4.69) is 20.7 Å². The Hall–Kier alpha value is -3.94. The average Bonchev–Trinajstić information content (AvgIpc) is 3.04. The van der Waals surface area contributed by atoms with Crippen molar-refractivity contribution in [2.24, 2.45) is 5.92 Å². The van der Waals surface area contributed by atoms with Crippen molar-refractivity contribution >= 4 is 23.7 Å². The normalized spacial score (nSPS) is 15.5. The maximum absolute atomic E-state index is 13.6. The van der Waals surface area contributed by atoms with Gasteiger partial charge in [0.05, 0.1) is 26.4 Å². The van der Waals surface area contributed by atoms with E-state index in [1.54, 1.807) is 30.3 Å². The number of morpholine rings is 1. The highest BCUT2D eigenvalue weighted by Gasteiger charge is 2.31. The lowest BCUT2D eigenvalue weighted by Crippen LogP contribution is -2.57. The lowest BCUT2D eigenvalue weighted by atomic mass is 10.0. The number of esters is 1. The molecule has 2 aromatic rings. The molecule has 1 fully saturated rings. The summed E-state index contributed by atoms with van der Waals surface area (Å²) in [6.07, 6.45) is 0.918. The maximum Gasteiger partial charge on any atom is 0.345 e. The molecule has 1 aliphatic rings. The highest BCUT2D eigenvalue weighted by molar-refractivity contribution is 5.93. The first-order chi connectivity index (χ1) is 22.1. The molecule has 3 rings (SSSR count). The SMILES string of the molecule is CC(C)C[C@H](NC(=O)[C@H](CCc1ccccc1)NC(=O)CN1CCOCC1)C(=O)N[C@@H](COC(F)F)C(=O)OCc1ccccc1. The molecule has 3 atom stereocenters. The van der Waals surface area contributed by atoms with Gasteiger partial charge < -0.3 is 30.2 Å². The number of carbonyl (C=O) groups is 4. The van der Waals surface area contributed by atoms with Crippen LogP contribution in [0.2, 0.25) is 0 Å². The molecule has 252 valence electrons. The van der Waals surface area contributed by atoms with E-state index in [9.17, 15) is 28.0 Å². The molecule has 13 heteroatoms. The number of hydrogen-bond donors (Lipinski definition) is 3. The molecular weight excluding hydrogens is 602 g/mol. The number of nitrogens with one attached hydrogen (secondary N) is 3. The Morgan fingerprint density at radius 1 is 0.826 bits per heavy atom. The summed E-state index contributed by atoms with van der Waals surface area (Å²) >= 11 is 0. The number of rotatable bonds is 18. The Kier molecular flexibility index (Phi) is 15.5. The molecule has 46 heavy (non-hydrogen) atoms. The van der Waals surface area contributed by atoms with E-state index in [1.807, 2.05) is 49.1 Å². The zero-order chi connectivity index (χ0) is 33.3. The molecule has 3 amide bonds. The highest BCUT2D eigenvalue weighted by Crippen LogP contribution is 2.11. The number of hydrogen-bond acceptors (Lipinski definition) is 8. The Morgan fingerprint density at radius 3 is 2.02 bits per heavy atom. The third-order valence-corrected chi connectivity index (χ3v) is 7.24. The van der Waals surface area contributed by atoms with E-state index in [4.69, 9.17) is 9.47 Å². The number of carbonyl (C=O) groups excluding carboxylic acids is 4. The third-order valence-electron chi connectivity index (χ3n) is 7.24. The van der Waals surface area contributed by atoms with Gasteiger partial charge in [0, 0.05) is 13.1 Å². The van der Waals surface area contributed by atoms with Crippen LogP contribution in [-0.2, 0) is 46.4 Å². The Labute approximate surface area is 268 Å². The number of ether oxygens (including phenoxy) is 3. The van der Waals surface area contributed by atoms with Crippen LogP contribution in [0.1, 0.15) is 37.8 Å². The standard InChI is InChI=1S/C33H44F2N4O7/c1-23(2)19-27(31(42)38-28(22-46-33(34)35)32(43)45-21-25-11-7-4-8-12-25)37-30(41)26(14-13-24-9-5-3-6-10-24)36-29(40)20-39-15-17-44-18-16-39/h3-12,23,26-28,33H,13-22H2,1-2H3,(H,36,40)(H,37,41)(H,38,42)/t26-,27-,28-/m0/s1. The number of nitrogens with zero attached hydrogens (tertiary/aromatic N) is 1. The van der Waals surface area contributed by atoms with Crippen LogP contribution in [0.15, 0.2) is 60.7 Å². The minimum atomic E-state index is -3.18. The van der Waals surface area contributed by atoms with E-state index >= 15 is 0 Å². The highest BCUT2D eigenvalue weighted by atomic mass is 19.3. The molecule has 0 aliphatic carbocycles. The van der Waals surface area contributed by atoms with Gasteiger partial charge in [0.15, 0.2) is 6.04 Å². The number of alkyl halides is 2. The largest absolute Gasteiger partial charge is 0.459 e. The predicted molar refractivity (Wildman–Crippen MR) is 165 cm³/mol. The molecule has 0 aromatic heterocycles. The number of halogens is 2. The molecule has 3 N–H and O–H groups in total. The van der Waals surface area contributed by atoms with Crippen molar-refractivity contribution in [3.8, 4) is 0 Å². The first-order valence-corrected chi connectivity index (χ1v) is 15.4. The smallest absolute Gasteiger partial charge is 0.345 e. The van der Waals surface area contributed by atoms with Crippen LogP contribution in [0.25, 0.3) is 0 Å². The Morgan fingerprint density at radius 2 is 1.41 bits per heavy atom. The minimum absolute atomic E-state index is 0.0736. The quantitative estimate of drug-likeness (QED) is 0.210. The van der Waals surface area contributed by atoms with E-state index in [1.165, 1.54) is 0 Å². The van der Waals surface area contributed by atoms with Crippen LogP contribution in [0, 0.1) is 5.92 Å². The van der Waals surface area contributed by atoms with Gasteiger partial charge in [-0.1, -0.05) is 74.5 Å². The van der Waals surface area contributed by atoms with Gasteiger partial charge in [-0.25, -0.2) is 4.79 Å². The summed E-state index contributed by atoms with van der Waals surface area (Å²) in [6, 6.07) is 14.5. The van der Waals surface area contributed by atoms with E-state index < -0.39 is 49.1 Å². The summed E-state index contributed by atoms with van der Waals surface area (Å²) in [7, 11) is 0. The topological polar surface area (TPSA) is 135 Å². The fourth-order valence-corrected chi connectivity index (χ4v) is 4.84. The fourth-order valence-electron chi connectivity index (χ4n) is 4.84. The first-order valence-electron chi connectivity index (χ1n) is 15.4. The molecule has 1 heterocycles. The van der Waals surface area contributed by atoms with Gasteiger partial charge in [-0.05, 0) is 36.3 Å². The van der Waals surface area contributed by atoms with Gasteiger partial charge in [0.1, 0.15) is 18.7 Å². The molecule has 0 unspecified atom stereocenters. The van der Waals surface area contributed by atoms with Crippen LogP contribution in [0.3, 0.4) is 0 Å². The molecular formula is C33H44F2N4O7. The molecule has 0 spiro atoms. The summed E-state index contributed by atoms with van der Waals surface area (Å²) < 4.78 is 40.7. The van der Waals surface area contributed by atoms with Crippen molar-refractivity contribution in [3.05, 3.63) is 71.8 Å². The Balaban J connectivity index is 1.70. The molecule has 0 saturated carbocycles. The zero-order valence-electron chi connectivity index (χ0n) is 26.3.